The number of carbonyl (C=O) groups is 1. The van der Waals surface area contributed by atoms with Crippen LogP contribution in [0.3, 0.4) is 0 Å². The van der Waals surface area contributed by atoms with E-state index >= 15 is 0 Å². The van der Waals surface area contributed by atoms with Crippen molar-refractivity contribution < 1.29 is 70.9 Å². The molecular formula is C19H8CuF10N2O2. The third-order valence-electron chi connectivity index (χ3n) is 4.41. The molecule has 0 saturated heterocycles. The Hall–Kier alpha value is -3.06. The average molecular weight is 550 g/mol. The summed E-state index contributed by atoms with van der Waals surface area (Å²) < 4.78 is 133. The van der Waals surface area contributed by atoms with Crippen molar-refractivity contribution >= 4 is 5.78 Å². The maximum atomic E-state index is 14.1. The van der Waals surface area contributed by atoms with E-state index in [9.17, 15) is 53.8 Å². The number of rotatable bonds is 3. The molecule has 0 spiro atoms. The molecule has 3 rings (SSSR count). The molecule has 3 aromatic rings. The van der Waals surface area contributed by atoms with Gasteiger partial charge in [-0.05, 0) is 25.1 Å². The molecule has 0 saturated carbocycles. The monoisotopic (exact) mass is 549 g/mol. The number of nitrogens with zero attached hydrogens (tertiary/aromatic N) is 2. The summed E-state index contributed by atoms with van der Waals surface area (Å²) in [6, 6.07) is -0.268. The first-order valence-electron chi connectivity index (χ1n) is 8.50. The second-order valence-corrected chi connectivity index (χ2v) is 6.64. The third kappa shape index (κ3) is 4.75. The number of aromatic nitrogens is 2. The Morgan fingerprint density at radius 1 is 0.853 bits per heavy atom. The van der Waals surface area contributed by atoms with Crippen molar-refractivity contribution in [1.29, 1.82) is 0 Å². The van der Waals surface area contributed by atoms with Gasteiger partial charge in [0.1, 0.15) is 11.3 Å². The van der Waals surface area contributed by atoms with Gasteiger partial charge >= 0.3 is 12.4 Å². The molecular weight excluding hydrogens is 542 g/mol. The number of aromatic hydroxyl groups is 1. The Bertz CT molecular complexity index is 1220. The van der Waals surface area contributed by atoms with Crippen molar-refractivity contribution in [3.05, 3.63) is 75.5 Å². The molecule has 0 aliphatic heterocycles. The summed E-state index contributed by atoms with van der Waals surface area (Å²) in [7, 11) is 0. The van der Waals surface area contributed by atoms with E-state index in [4.69, 9.17) is 0 Å². The number of halogens is 10. The van der Waals surface area contributed by atoms with Gasteiger partial charge in [0.15, 0.2) is 29.1 Å². The zero-order chi connectivity index (χ0) is 25.0. The quantitative estimate of drug-likeness (QED) is 0.197. The molecule has 0 fully saturated rings. The van der Waals surface area contributed by atoms with Gasteiger partial charge in [-0.3, -0.25) is 4.79 Å². The van der Waals surface area contributed by atoms with Crippen LogP contribution in [0.25, 0.3) is 5.69 Å². The number of aryl methyl sites for hydroxylation is 1. The Labute approximate surface area is 193 Å². The summed E-state index contributed by atoms with van der Waals surface area (Å²) >= 11 is 0. The van der Waals surface area contributed by atoms with Crippen LogP contribution in [0.1, 0.15) is 32.7 Å². The van der Waals surface area contributed by atoms with Crippen molar-refractivity contribution in [2.45, 2.75) is 19.3 Å². The molecule has 0 amide bonds. The minimum Gasteiger partial charge on any atom is -0.493 e. The van der Waals surface area contributed by atoms with Crippen molar-refractivity contribution in [2.24, 2.45) is 0 Å². The molecule has 4 nitrogen and oxygen atoms in total. The SMILES string of the molecule is Cc1nn(-c2c(F)c(F)cc(F)c2F)c(O)c1C(=O)c1cc(C(F)(F)F)cc(C(F)(F)F)c1.[Cu]. The Morgan fingerprint density at radius 3 is 1.71 bits per heavy atom. The molecule has 0 unspecified atom stereocenters. The number of ketones is 1. The molecule has 0 aliphatic rings. The van der Waals surface area contributed by atoms with E-state index in [1.807, 2.05) is 0 Å². The molecule has 0 atom stereocenters. The fourth-order valence-corrected chi connectivity index (χ4v) is 2.91. The smallest absolute Gasteiger partial charge is 0.416 e. The van der Waals surface area contributed by atoms with Crippen molar-refractivity contribution in [3.8, 4) is 11.6 Å². The van der Waals surface area contributed by atoms with E-state index in [1.54, 1.807) is 0 Å². The summed E-state index contributed by atoms with van der Waals surface area (Å²) in [6.07, 6.45) is -10.6. The first-order chi connectivity index (χ1) is 15.0. The van der Waals surface area contributed by atoms with Crippen molar-refractivity contribution in [3.63, 3.8) is 0 Å². The molecule has 15 heteroatoms. The van der Waals surface area contributed by atoms with E-state index in [0.29, 0.717) is 0 Å². The minimum absolute atomic E-state index is 0. The molecule has 1 radical (unpaired) electrons. The van der Waals surface area contributed by atoms with Gasteiger partial charge in [-0.2, -0.15) is 36.1 Å². The molecule has 0 aliphatic carbocycles. The predicted octanol–water partition coefficient (Wildman–Crippen LogP) is 5.71. The van der Waals surface area contributed by atoms with Gasteiger partial charge in [0, 0.05) is 28.7 Å². The fraction of sp³-hybridized carbons (Fsp3) is 0.158. The maximum absolute atomic E-state index is 14.1. The number of alkyl halides is 6. The van der Waals surface area contributed by atoms with E-state index in [0.717, 1.165) is 6.92 Å². The van der Waals surface area contributed by atoms with Gasteiger partial charge in [0.05, 0.1) is 16.8 Å². The Morgan fingerprint density at radius 2 is 1.29 bits per heavy atom. The van der Waals surface area contributed by atoms with E-state index < -0.39 is 80.9 Å². The second kappa shape index (κ2) is 8.95. The van der Waals surface area contributed by atoms with E-state index in [-0.39, 0.29) is 46.0 Å². The van der Waals surface area contributed by atoms with Crippen LogP contribution in [0, 0.1) is 30.2 Å². The standard InChI is InChI=1S/C19H8F10N2O2.Cu/c1-6-12(17(33)31(30-6)15-13(22)10(20)5-11(21)14(15)23)16(32)7-2-8(18(24,25)26)4-9(3-7)19(27,28)29;/h2-5,33H,1H3;. The molecule has 0 bridgehead atoms. The molecule has 34 heavy (non-hydrogen) atoms. The predicted molar refractivity (Wildman–Crippen MR) is 89.7 cm³/mol. The normalized spacial score (nSPS) is 12.0. The van der Waals surface area contributed by atoms with Gasteiger partial charge in [0.2, 0.25) is 5.88 Å². The van der Waals surface area contributed by atoms with Crippen molar-refractivity contribution in [1.82, 2.24) is 9.78 Å². The van der Waals surface area contributed by atoms with Crippen LogP contribution >= 0.6 is 0 Å². The van der Waals surface area contributed by atoms with Gasteiger partial charge in [-0.15, -0.1) is 0 Å². The number of hydrogen-bond acceptors (Lipinski definition) is 3. The Kier molecular flexibility index (Phi) is 7.15. The van der Waals surface area contributed by atoms with Crippen LogP contribution in [0.4, 0.5) is 43.9 Å². The first-order valence-corrected chi connectivity index (χ1v) is 8.50. The number of benzene rings is 2. The Balaban J connectivity index is 0.00000408. The molecule has 2 aromatic carbocycles. The van der Waals surface area contributed by atoms with Crippen molar-refractivity contribution in [2.75, 3.05) is 0 Å². The maximum Gasteiger partial charge on any atom is 0.416 e. The van der Waals surface area contributed by atoms with Gasteiger partial charge < -0.3 is 5.11 Å². The first kappa shape index (κ1) is 27.2. The molecule has 1 N–H and O–H groups in total. The summed E-state index contributed by atoms with van der Waals surface area (Å²) in [6.45, 7) is 0.910. The third-order valence-corrected chi connectivity index (χ3v) is 4.41. The fourth-order valence-electron chi connectivity index (χ4n) is 2.91. The summed E-state index contributed by atoms with van der Waals surface area (Å²) in [5.41, 5.74) is -8.14. The summed E-state index contributed by atoms with van der Waals surface area (Å²) in [5.74, 6) is -11.0. The van der Waals surface area contributed by atoms with Crippen LogP contribution in [-0.4, -0.2) is 20.7 Å². The van der Waals surface area contributed by atoms with Crippen LogP contribution in [-0.2, 0) is 29.4 Å². The molecule has 1 aromatic heterocycles. The average Bonchev–Trinajstić information content (AvgIpc) is 2.98. The zero-order valence-corrected chi connectivity index (χ0v) is 17.1. The summed E-state index contributed by atoms with van der Waals surface area (Å²) in [4.78, 5) is 12.7. The van der Waals surface area contributed by atoms with Crippen LogP contribution < -0.4 is 0 Å². The van der Waals surface area contributed by atoms with Gasteiger partial charge in [-0.1, -0.05) is 0 Å². The van der Waals surface area contributed by atoms with E-state index in [2.05, 4.69) is 5.10 Å². The van der Waals surface area contributed by atoms with Gasteiger partial charge in [0.25, 0.3) is 0 Å². The number of hydrogen-bond donors (Lipinski definition) is 1. The summed E-state index contributed by atoms with van der Waals surface area (Å²) in [5, 5.41) is 13.6. The zero-order valence-electron chi connectivity index (χ0n) is 16.1. The second-order valence-electron chi connectivity index (χ2n) is 6.64. The van der Waals surface area contributed by atoms with Crippen LogP contribution in [0.15, 0.2) is 24.3 Å². The van der Waals surface area contributed by atoms with E-state index in [1.165, 1.54) is 0 Å². The van der Waals surface area contributed by atoms with Crippen LogP contribution in [0.5, 0.6) is 5.88 Å². The number of carbonyl (C=O) groups excluding carboxylic acids is 1. The topological polar surface area (TPSA) is 55.1 Å². The van der Waals surface area contributed by atoms with Gasteiger partial charge in [-0.25, -0.2) is 17.6 Å². The molecule has 187 valence electrons. The van der Waals surface area contributed by atoms with Crippen LogP contribution in [0.2, 0.25) is 0 Å². The molecule has 1 heterocycles. The largest absolute Gasteiger partial charge is 0.493 e. The minimum atomic E-state index is -5.29.